The molecule has 0 bridgehead atoms. The van der Waals surface area contributed by atoms with Crippen molar-refractivity contribution in [1.82, 2.24) is 4.90 Å². The first-order chi connectivity index (χ1) is 8.69. The van der Waals surface area contributed by atoms with Crippen molar-refractivity contribution < 1.29 is 4.79 Å². The number of likely N-dealkylation sites (tertiary alicyclic amines) is 1. The van der Waals surface area contributed by atoms with Gasteiger partial charge in [-0.05, 0) is 44.0 Å². The lowest BCUT2D eigenvalue weighted by atomic mass is 9.94. The zero-order valence-corrected chi connectivity index (χ0v) is 10.7. The second-order valence-corrected chi connectivity index (χ2v) is 5.00. The number of benzene rings is 1. The van der Waals surface area contributed by atoms with Crippen LogP contribution < -0.4 is 0 Å². The Labute approximate surface area is 108 Å². The minimum atomic E-state index is 0.192. The van der Waals surface area contributed by atoms with E-state index in [-0.39, 0.29) is 5.92 Å². The fraction of sp³-hybridized carbons (Fsp3) is 0.467. The highest BCUT2D eigenvalue weighted by atomic mass is 16.1. The van der Waals surface area contributed by atoms with Crippen molar-refractivity contribution >= 4 is 5.78 Å². The molecule has 1 aromatic carbocycles. The van der Waals surface area contributed by atoms with E-state index >= 15 is 0 Å². The molecular formula is C15H18N2O. The number of hydrogen-bond acceptors (Lipinski definition) is 3. The molecule has 0 aromatic heterocycles. The Balaban J connectivity index is 2.00. The summed E-state index contributed by atoms with van der Waals surface area (Å²) in [6.07, 6.45) is 2.10. The highest BCUT2D eigenvalue weighted by Crippen LogP contribution is 2.19. The predicted octanol–water partition coefficient (Wildman–Crippen LogP) is 2.36. The van der Waals surface area contributed by atoms with Crippen LogP contribution in [0.15, 0.2) is 24.3 Å². The molecule has 1 aliphatic heterocycles. The number of carbonyl (C=O) groups excluding carboxylic acids is 1. The molecule has 3 heteroatoms. The van der Waals surface area contributed by atoms with Gasteiger partial charge >= 0.3 is 0 Å². The maximum atomic E-state index is 11.4. The number of nitrogens with zero attached hydrogens (tertiary/aromatic N) is 2. The monoisotopic (exact) mass is 242 g/mol. The van der Waals surface area contributed by atoms with E-state index in [1.165, 1.54) is 0 Å². The van der Waals surface area contributed by atoms with Gasteiger partial charge in [0.1, 0.15) is 5.78 Å². The maximum absolute atomic E-state index is 11.4. The van der Waals surface area contributed by atoms with Crippen molar-refractivity contribution in [2.45, 2.75) is 26.3 Å². The van der Waals surface area contributed by atoms with Crippen LogP contribution in [-0.4, -0.2) is 23.8 Å². The Hall–Kier alpha value is -1.66. The van der Waals surface area contributed by atoms with Crippen molar-refractivity contribution in [3.05, 3.63) is 35.4 Å². The lowest BCUT2D eigenvalue weighted by Gasteiger charge is -2.31. The normalized spacial score (nSPS) is 20.3. The Morgan fingerprint density at radius 2 is 2.39 bits per heavy atom. The van der Waals surface area contributed by atoms with Crippen molar-refractivity contribution in [2.75, 3.05) is 13.1 Å². The number of carbonyl (C=O) groups is 1. The third-order valence-electron chi connectivity index (χ3n) is 3.54. The predicted molar refractivity (Wildman–Crippen MR) is 69.8 cm³/mol. The van der Waals surface area contributed by atoms with Gasteiger partial charge in [0, 0.05) is 19.0 Å². The molecule has 1 aliphatic rings. The summed E-state index contributed by atoms with van der Waals surface area (Å²) in [5, 5.41) is 8.87. The fourth-order valence-electron chi connectivity index (χ4n) is 2.53. The summed E-state index contributed by atoms with van der Waals surface area (Å²) in [6, 6.07) is 9.86. The smallest absolute Gasteiger partial charge is 0.134 e. The molecular weight excluding hydrogens is 224 g/mol. The summed E-state index contributed by atoms with van der Waals surface area (Å²) >= 11 is 0. The highest BCUT2D eigenvalue weighted by Gasteiger charge is 2.22. The van der Waals surface area contributed by atoms with Gasteiger partial charge in [-0.15, -0.1) is 0 Å². The molecule has 3 nitrogen and oxygen atoms in total. The molecule has 2 rings (SSSR count). The Morgan fingerprint density at radius 3 is 3.11 bits per heavy atom. The Kier molecular flexibility index (Phi) is 4.11. The van der Waals surface area contributed by atoms with Crippen LogP contribution in [0.3, 0.4) is 0 Å². The zero-order chi connectivity index (χ0) is 13.0. The lowest BCUT2D eigenvalue weighted by Crippen LogP contribution is -2.37. The summed E-state index contributed by atoms with van der Waals surface area (Å²) in [4.78, 5) is 13.7. The second kappa shape index (κ2) is 5.79. The van der Waals surface area contributed by atoms with Gasteiger partial charge in [-0.1, -0.05) is 12.1 Å². The van der Waals surface area contributed by atoms with E-state index in [1.807, 2.05) is 24.3 Å². The summed E-state index contributed by atoms with van der Waals surface area (Å²) in [7, 11) is 0. The average Bonchev–Trinajstić information content (AvgIpc) is 2.39. The Bertz CT molecular complexity index is 476. The minimum Gasteiger partial charge on any atom is -0.300 e. The van der Waals surface area contributed by atoms with Crippen LogP contribution in [0.2, 0.25) is 0 Å². The molecule has 0 saturated carbocycles. The van der Waals surface area contributed by atoms with Crippen LogP contribution >= 0.6 is 0 Å². The molecule has 0 radical (unpaired) electrons. The van der Waals surface area contributed by atoms with E-state index < -0.39 is 0 Å². The first kappa shape index (κ1) is 12.8. The summed E-state index contributed by atoms with van der Waals surface area (Å²) in [6.45, 7) is 4.41. The van der Waals surface area contributed by atoms with Crippen LogP contribution in [0.1, 0.15) is 30.9 Å². The van der Waals surface area contributed by atoms with Crippen LogP contribution in [0, 0.1) is 17.2 Å². The number of nitriles is 1. The molecule has 1 unspecified atom stereocenters. The van der Waals surface area contributed by atoms with Crippen molar-refractivity contribution in [3.8, 4) is 6.07 Å². The van der Waals surface area contributed by atoms with Crippen LogP contribution in [-0.2, 0) is 11.3 Å². The number of piperidine rings is 1. The van der Waals surface area contributed by atoms with Crippen LogP contribution in [0.5, 0.6) is 0 Å². The van der Waals surface area contributed by atoms with Gasteiger partial charge in [0.05, 0.1) is 11.6 Å². The molecule has 0 amide bonds. The number of Topliss-reactive ketones (excluding diaryl/α,β-unsaturated/α-hetero) is 1. The largest absolute Gasteiger partial charge is 0.300 e. The van der Waals surface area contributed by atoms with Gasteiger partial charge in [-0.2, -0.15) is 5.26 Å². The van der Waals surface area contributed by atoms with Gasteiger partial charge in [-0.25, -0.2) is 0 Å². The highest BCUT2D eigenvalue weighted by molar-refractivity contribution is 5.78. The fourth-order valence-corrected chi connectivity index (χ4v) is 2.53. The molecule has 1 aromatic rings. The van der Waals surface area contributed by atoms with E-state index in [2.05, 4.69) is 11.0 Å². The number of rotatable bonds is 3. The van der Waals surface area contributed by atoms with E-state index in [9.17, 15) is 4.79 Å². The zero-order valence-electron chi connectivity index (χ0n) is 10.7. The summed E-state index contributed by atoms with van der Waals surface area (Å²) < 4.78 is 0. The van der Waals surface area contributed by atoms with Crippen LogP contribution in [0.25, 0.3) is 0 Å². The molecule has 1 saturated heterocycles. The van der Waals surface area contributed by atoms with Crippen LogP contribution in [0.4, 0.5) is 0 Å². The summed E-state index contributed by atoms with van der Waals surface area (Å²) in [5.74, 6) is 0.489. The molecule has 0 aliphatic carbocycles. The molecule has 0 spiro atoms. The van der Waals surface area contributed by atoms with E-state index in [0.717, 1.165) is 38.0 Å². The minimum absolute atomic E-state index is 0.192. The summed E-state index contributed by atoms with van der Waals surface area (Å²) in [5.41, 5.74) is 1.85. The standard InChI is InChI=1S/C15H18N2O/c1-12(18)15-6-3-7-17(11-15)10-14-5-2-4-13(8-14)9-16/h2,4-5,8,15H,3,6-7,10-11H2,1H3. The van der Waals surface area contributed by atoms with Crippen molar-refractivity contribution in [1.29, 1.82) is 5.26 Å². The molecule has 1 heterocycles. The van der Waals surface area contributed by atoms with Crippen molar-refractivity contribution in [2.24, 2.45) is 5.92 Å². The third-order valence-corrected chi connectivity index (χ3v) is 3.54. The van der Waals surface area contributed by atoms with Gasteiger partial charge in [-0.3, -0.25) is 9.69 Å². The third kappa shape index (κ3) is 3.18. The molecule has 1 fully saturated rings. The first-order valence-electron chi connectivity index (χ1n) is 6.41. The SMILES string of the molecule is CC(=O)C1CCCN(Cc2cccc(C#N)c2)C1. The van der Waals surface area contributed by atoms with E-state index in [0.29, 0.717) is 11.3 Å². The Morgan fingerprint density at radius 1 is 1.56 bits per heavy atom. The van der Waals surface area contributed by atoms with Gasteiger partial charge < -0.3 is 0 Å². The van der Waals surface area contributed by atoms with Crippen molar-refractivity contribution in [3.63, 3.8) is 0 Å². The van der Waals surface area contributed by atoms with Gasteiger partial charge in [0.2, 0.25) is 0 Å². The van der Waals surface area contributed by atoms with E-state index in [1.54, 1.807) is 6.92 Å². The van der Waals surface area contributed by atoms with E-state index in [4.69, 9.17) is 5.26 Å². The molecule has 1 atom stereocenters. The molecule has 18 heavy (non-hydrogen) atoms. The number of hydrogen-bond donors (Lipinski definition) is 0. The lowest BCUT2D eigenvalue weighted by molar-refractivity contribution is -0.122. The average molecular weight is 242 g/mol. The first-order valence-corrected chi connectivity index (χ1v) is 6.41. The second-order valence-electron chi connectivity index (χ2n) is 5.00. The molecule has 0 N–H and O–H groups in total. The number of ketones is 1. The van der Waals surface area contributed by atoms with Gasteiger partial charge in [0.25, 0.3) is 0 Å². The maximum Gasteiger partial charge on any atom is 0.134 e. The molecule has 94 valence electrons. The van der Waals surface area contributed by atoms with Gasteiger partial charge in [0.15, 0.2) is 0 Å². The topological polar surface area (TPSA) is 44.1 Å². The quantitative estimate of drug-likeness (QED) is 0.817.